The predicted molar refractivity (Wildman–Crippen MR) is 103 cm³/mol. The zero-order valence-electron chi connectivity index (χ0n) is 15.8. The molecule has 0 saturated carbocycles. The predicted octanol–water partition coefficient (Wildman–Crippen LogP) is 0.896. The van der Waals surface area contributed by atoms with Gasteiger partial charge < -0.3 is 14.4 Å². The highest BCUT2D eigenvalue weighted by molar-refractivity contribution is 7.89. The second-order valence-electron chi connectivity index (χ2n) is 6.98. The second kappa shape index (κ2) is 7.26. The van der Waals surface area contributed by atoms with E-state index in [0.717, 1.165) is 0 Å². The molecule has 0 bridgehead atoms. The molecule has 1 saturated heterocycles. The van der Waals surface area contributed by atoms with Gasteiger partial charge in [0.2, 0.25) is 16.1 Å². The number of rotatable bonds is 3. The molecule has 2 aromatic carbocycles. The van der Waals surface area contributed by atoms with E-state index in [1.807, 2.05) is 12.1 Å². The van der Waals surface area contributed by atoms with Crippen LogP contribution in [0, 0.1) is 0 Å². The monoisotopic (exact) mass is 430 g/mol. The third kappa shape index (κ3) is 3.15. The van der Waals surface area contributed by atoms with Crippen molar-refractivity contribution in [1.82, 2.24) is 19.5 Å². The van der Waals surface area contributed by atoms with Crippen molar-refractivity contribution >= 4 is 27.0 Å². The van der Waals surface area contributed by atoms with Crippen LogP contribution in [0.4, 0.5) is 0 Å². The normalized spacial score (nSPS) is 19.7. The molecule has 2 aliphatic rings. The standard InChI is InChI=1S/C19H18N4O6S/c24-19(16-12-27-14-5-1-2-6-15(14)28-16)22-8-10-23(11-9-22)30(25,26)17-7-3-4-13-18(17)21-29-20-13/h1-7,16H,8-12H2/t16-/m1/s1. The average molecular weight is 430 g/mol. The Labute approximate surface area is 172 Å². The molecular formula is C19H18N4O6S. The number of hydrogen-bond acceptors (Lipinski definition) is 8. The number of ether oxygens (including phenoxy) is 2. The molecule has 11 heteroatoms. The zero-order chi connectivity index (χ0) is 20.7. The summed E-state index contributed by atoms with van der Waals surface area (Å²) in [5.41, 5.74) is 0.571. The molecule has 1 atom stereocenters. The number of nitrogens with zero attached hydrogens (tertiary/aromatic N) is 4. The number of carbonyl (C=O) groups excluding carboxylic acids is 1. The highest BCUT2D eigenvalue weighted by atomic mass is 32.2. The van der Waals surface area contributed by atoms with E-state index in [0.29, 0.717) is 17.0 Å². The Morgan fingerprint density at radius 3 is 2.53 bits per heavy atom. The molecule has 0 N–H and O–H groups in total. The Morgan fingerprint density at radius 1 is 0.967 bits per heavy atom. The van der Waals surface area contributed by atoms with Crippen LogP contribution in [0.3, 0.4) is 0 Å². The lowest BCUT2D eigenvalue weighted by Crippen LogP contribution is -2.55. The lowest BCUT2D eigenvalue weighted by molar-refractivity contribution is -0.142. The van der Waals surface area contributed by atoms with E-state index in [4.69, 9.17) is 9.47 Å². The maximum absolute atomic E-state index is 13.1. The fraction of sp³-hybridized carbons (Fsp3) is 0.316. The van der Waals surface area contributed by atoms with Crippen LogP contribution in [0.5, 0.6) is 11.5 Å². The largest absolute Gasteiger partial charge is 0.485 e. The number of benzene rings is 2. The molecular weight excluding hydrogens is 412 g/mol. The molecule has 10 nitrogen and oxygen atoms in total. The van der Waals surface area contributed by atoms with Crippen LogP contribution in [0.15, 0.2) is 52.0 Å². The van der Waals surface area contributed by atoms with Gasteiger partial charge in [0.15, 0.2) is 17.0 Å². The first kappa shape index (κ1) is 18.8. The summed E-state index contributed by atoms with van der Waals surface area (Å²) in [5.74, 6) is 0.913. The molecule has 30 heavy (non-hydrogen) atoms. The van der Waals surface area contributed by atoms with Gasteiger partial charge in [-0.25, -0.2) is 13.0 Å². The van der Waals surface area contributed by atoms with E-state index in [1.54, 1.807) is 29.2 Å². The van der Waals surface area contributed by atoms with Crippen molar-refractivity contribution in [2.75, 3.05) is 32.8 Å². The number of piperazine rings is 1. The SMILES string of the molecule is O=C([C@H]1COc2ccccc2O1)N1CCN(S(=O)(=O)c2cccc3nonc23)CC1. The lowest BCUT2D eigenvalue weighted by atomic mass is 10.2. The van der Waals surface area contributed by atoms with E-state index in [-0.39, 0.29) is 49.1 Å². The van der Waals surface area contributed by atoms with Crippen molar-refractivity contribution in [2.45, 2.75) is 11.0 Å². The van der Waals surface area contributed by atoms with Crippen molar-refractivity contribution in [1.29, 1.82) is 0 Å². The van der Waals surface area contributed by atoms with Crippen LogP contribution in [0.2, 0.25) is 0 Å². The second-order valence-corrected chi connectivity index (χ2v) is 8.89. The highest BCUT2D eigenvalue weighted by Crippen LogP contribution is 2.31. The quantitative estimate of drug-likeness (QED) is 0.602. The highest BCUT2D eigenvalue weighted by Gasteiger charge is 2.36. The number of aromatic nitrogens is 2. The molecule has 3 aromatic rings. The summed E-state index contributed by atoms with van der Waals surface area (Å²) < 4.78 is 43.6. The summed E-state index contributed by atoms with van der Waals surface area (Å²) in [7, 11) is -3.80. The van der Waals surface area contributed by atoms with Gasteiger partial charge in [0.05, 0.1) is 0 Å². The molecule has 0 unspecified atom stereocenters. The van der Waals surface area contributed by atoms with E-state index < -0.39 is 16.1 Å². The summed E-state index contributed by atoms with van der Waals surface area (Å²) in [6.45, 7) is 0.967. The number of fused-ring (bicyclic) bond motifs is 2. The summed E-state index contributed by atoms with van der Waals surface area (Å²) in [6.07, 6.45) is -0.752. The average Bonchev–Trinajstić information content (AvgIpc) is 3.27. The van der Waals surface area contributed by atoms with Gasteiger partial charge in [0, 0.05) is 26.2 Å². The molecule has 5 rings (SSSR count). The Hall–Kier alpha value is -3.18. The van der Waals surface area contributed by atoms with E-state index in [9.17, 15) is 13.2 Å². The first-order valence-corrected chi connectivity index (χ1v) is 10.9. The number of sulfonamides is 1. The Bertz CT molecular complexity index is 1200. The summed E-state index contributed by atoms with van der Waals surface area (Å²) in [6, 6.07) is 11.9. The number of para-hydroxylation sites is 2. The molecule has 1 fully saturated rings. The maximum atomic E-state index is 13.1. The van der Waals surface area contributed by atoms with Crippen LogP contribution in [-0.4, -0.2) is 72.7 Å². The van der Waals surface area contributed by atoms with Gasteiger partial charge in [-0.2, -0.15) is 4.31 Å². The maximum Gasteiger partial charge on any atom is 0.267 e. The minimum atomic E-state index is -3.80. The first-order chi connectivity index (χ1) is 14.5. The number of hydrogen-bond donors (Lipinski definition) is 0. The van der Waals surface area contributed by atoms with E-state index >= 15 is 0 Å². The molecule has 0 aliphatic carbocycles. The fourth-order valence-electron chi connectivity index (χ4n) is 3.62. The smallest absolute Gasteiger partial charge is 0.267 e. The molecule has 0 spiro atoms. The summed E-state index contributed by atoms with van der Waals surface area (Å²) in [4.78, 5) is 14.5. The first-order valence-electron chi connectivity index (χ1n) is 9.43. The van der Waals surface area contributed by atoms with Gasteiger partial charge in [-0.3, -0.25) is 4.79 Å². The van der Waals surface area contributed by atoms with Crippen LogP contribution in [0.1, 0.15) is 0 Å². The van der Waals surface area contributed by atoms with Crippen LogP contribution >= 0.6 is 0 Å². The minimum Gasteiger partial charge on any atom is -0.485 e. The summed E-state index contributed by atoms with van der Waals surface area (Å²) >= 11 is 0. The zero-order valence-corrected chi connectivity index (χ0v) is 16.6. The van der Waals surface area contributed by atoms with Crippen molar-refractivity contribution in [3.05, 3.63) is 42.5 Å². The Kier molecular flexibility index (Phi) is 4.55. The summed E-state index contributed by atoms with van der Waals surface area (Å²) in [5, 5.41) is 7.41. The third-order valence-electron chi connectivity index (χ3n) is 5.20. The van der Waals surface area contributed by atoms with E-state index in [1.165, 1.54) is 10.4 Å². The topological polar surface area (TPSA) is 115 Å². The van der Waals surface area contributed by atoms with Crippen molar-refractivity contribution in [3.8, 4) is 11.5 Å². The van der Waals surface area contributed by atoms with Gasteiger partial charge >= 0.3 is 0 Å². The molecule has 3 heterocycles. The molecule has 2 aliphatic heterocycles. The minimum absolute atomic E-state index is 0.0432. The van der Waals surface area contributed by atoms with Crippen LogP contribution < -0.4 is 9.47 Å². The molecule has 0 radical (unpaired) electrons. The van der Waals surface area contributed by atoms with Crippen molar-refractivity contribution in [3.63, 3.8) is 0 Å². The van der Waals surface area contributed by atoms with Crippen LogP contribution in [-0.2, 0) is 14.8 Å². The van der Waals surface area contributed by atoms with Gasteiger partial charge in [-0.15, -0.1) is 0 Å². The van der Waals surface area contributed by atoms with Gasteiger partial charge in [-0.05, 0) is 34.6 Å². The Morgan fingerprint density at radius 2 is 1.73 bits per heavy atom. The van der Waals surface area contributed by atoms with Crippen molar-refractivity contribution in [2.24, 2.45) is 0 Å². The third-order valence-corrected chi connectivity index (χ3v) is 7.13. The Balaban J connectivity index is 1.27. The van der Waals surface area contributed by atoms with Gasteiger partial charge in [0.1, 0.15) is 17.0 Å². The number of amides is 1. The molecule has 1 aromatic heterocycles. The van der Waals surface area contributed by atoms with Crippen LogP contribution in [0.25, 0.3) is 11.0 Å². The van der Waals surface area contributed by atoms with Crippen molar-refractivity contribution < 1.29 is 27.3 Å². The van der Waals surface area contributed by atoms with Gasteiger partial charge in [-0.1, -0.05) is 18.2 Å². The fourth-order valence-corrected chi connectivity index (χ4v) is 5.18. The molecule has 1 amide bonds. The molecule has 156 valence electrons. The van der Waals surface area contributed by atoms with E-state index in [2.05, 4.69) is 14.9 Å². The lowest BCUT2D eigenvalue weighted by Gasteiger charge is -2.36. The van der Waals surface area contributed by atoms with Gasteiger partial charge in [0.25, 0.3) is 5.91 Å². The number of carbonyl (C=O) groups is 1.